The zero-order valence-electron chi connectivity index (χ0n) is 12.9. The maximum Gasteiger partial charge on any atom is 0.500 e. The first-order chi connectivity index (χ1) is 8.57. The molecule has 0 atom stereocenters. The van der Waals surface area contributed by atoms with Gasteiger partial charge in [0.05, 0.1) is 26.2 Å². The molecule has 5 nitrogen and oxygen atoms in total. The van der Waals surface area contributed by atoms with Gasteiger partial charge in [0.15, 0.2) is 0 Å². The van der Waals surface area contributed by atoms with Gasteiger partial charge in [-0.15, -0.1) is 0 Å². The molecule has 0 unspecified atom stereocenters. The van der Waals surface area contributed by atoms with E-state index in [1.54, 1.807) is 21.3 Å². The van der Waals surface area contributed by atoms with Gasteiger partial charge in [-0.05, 0) is 13.8 Å². The molecule has 0 spiro atoms. The molecule has 19 heavy (non-hydrogen) atoms. The van der Waals surface area contributed by atoms with Gasteiger partial charge in [-0.2, -0.15) is 0 Å². The van der Waals surface area contributed by atoms with Gasteiger partial charge in [-0.1, -0.05) is 0 Å². The molecule has 0 aliphatic carbocycles. The monoisotopic (exact) mass is 315 g/mol. The Hall–Kier alpha value is 0.307. The van der Waals surface area contributed by atoms with Crippen molar-refractivity contribution < 1.29 is 35.3 Å². The van der Waals surface area contributed by atoms with Gasteiger partial charge < -0.3 is 35.3 Å². The lowest BCUT2D eigenvalue weighted by Gasteiger charge is -2.37. The first-order valence-electron chi connectivity index (χ1n) is 6.69. The average molecular weight is 316 g/mol. The Kier molecular flexibility index (Phi) is 12.5. The molecule has 0 aliphatic heterocycles. The van der Waals surface area contributed by atoms with E-state index in [0.717, 1.165) is 43.1 Å². The van der Waals surface area contributed by atoms with Crippen LogP contribution in [-0.4, -0.2) is 72.5 Å². The Morgan fingerprint density at radius 2 is 1.42 bits per heavy atom. The molecule has 0 radical (unpaired) electrons. The fourth-order valence-electron chi connectivity index (χ4n) is 2.37. The van der Waals surface area contributed by atoms with Crippen molar-refractivity contribution in [3.05, 3.63) is 0 Å². The van der Waals surface area contributed by atoms with Crippen LogP contribution in [0.3, 0.4) is 0 Å². The van der Waals surface area contributed by atoms with Crippen molar-refractivity contribution in [3.63, 3.8) is 0 Å². The van der Waals surface area contributed by atoms with Gasteiger partial charge in [0.2, 0.25) is 0 Å². The highest BCUT2D eigenvalue weighted by molar-refractivity contribution is 6.60. The largest absolute Gasteiger partial charge is 1.00 e. The first-order valence-corrected chi connectivity index (χ1v) is 8.62. The fourth-order valence-corrected chi connectivity index (χ4v) is 4.07. The lowest BCUT2D eigenvalue weighted by Crippen LogP contribution is -3.00. The van der Waals surface area contributed by atoms with Gasteiger partial charge in [0, 0.05) is 33.8 Å². The van der Waals surface area contributed by atoms with Crippen LogP contribution in [0.4, 0.5) is 0 Å². The second kappa shape index (κ2) is 11.0. The topological polar surface area (TPSA) is 47.9 Å². The normalized spacial score (nSPS) is 12.3. The lowest BCUT2D eigenvalue weighted by atomic mass is 10.3. The quantitative estimate of drug-likeness (QED) is 0.358. The lowest BCUT2D eigenvalue weighted by molar-refractivity contribution is -0.925. The predicted octanol–water partition coefficient (Wildman–Crippen LogP) is -1.89. The first kappa shape index (κ1) is 21.6. The van der Waals surface area contributed by atoms with Crippen molar-refractivity contribution in [1.29, 1.82) is 0 Å². The predicted molar refractivity (Wildman–Crippen MR) is 74.4 cm³/mol. The number of likely N-dealkylation sites (N-methyl/N-ethyl adjacent to an activating group) is 1. The third-order valence-corrected chi connectivity index (χ3v) is 6.80. The molecule has 0 bridgehead atoms. The van der Waals surface area contributed by atoms with Crippen molar-refractivity contribution >= 4 is 8.80 Å². The van der Waals surface area contributed by atoms with E-state index in [2.05, 4.69) is 13.8 Å². The average Bonchev–Trinajstić information content (AvgIpc) is 2.43. The molecule has 1 N–H and O–H groups in total. The van der Waals surface area contributed by atoms with Gasteiger partial charge >= 0.3 is 8.80 Å². The molecule has 0 saturated carbocycles. The molecule has 0 aromatic rings. The second-order valence-corrected chi connectivity index (χ2v) is 7.63. The Morgan fingerprint density at radius 3 is 1.74 bits per heavy atom. The third-order valence-electron chi connectivity index (χ3n) is 3.96. The van der Waals surface area contributed by atoms with E-state index in [0.29, 0.717) is 0 Å². The van der Waals surface area contributed by atoms with Gasteiger partial charge in [-0.25, -0.2) is 0 Å². The van der Waals surface area contributed by atoms with Gasteiger partial charge in [-0.3, -0.25) is 0 Å². The van der Waals surface area contributed by atoms with Crippen LogP contribution < -0.4 is 12.4 Å². The summed E-state index contributed by atoms with van der Waals surface area (Å²) >= 11 is 0. The summed E-state index contributed by atoms with van der Waals surface area (Å²) in [7, 11) is 2.50. The minimum Gasteiger partial charge on any atom is -1.00 e. The molecule has 0 aliphatic rings. The van der Waals surface area contributed by atoms with Crippen molar-refractivity contribution in [1.82, 2.24) is 0 Å². The number of nitrogens with zero attached hydrogens (tertiary/aromatic N) is 1. The third kappa shape index (κ3) is 6.53. The molecule has 7 heteroatoms. The van der Waals surface area contributed by atoms with E-state index >= 15 is 0 Å². The van der Waals surface area contributed by atoms with Gasteiger partial charge in [0.25, 0.3) is 0 Å². The number of rotatable bonds is 11. The summed E-state index contributed by atoms with van der Waals surface area (Å²) in [5.41, 5.74) is 0. The number of aliphatic hydroxyl groups is 1. The highest BCUT2D eigenvalue weighted by Crippen LogP contribution is 2.17. The number of aliphatic hydroxyl groups excluding tert-OH is 1. The van der Waals surface area contributed by atoms with Crippen molar-refractivity contribution in [3.8, 4) is 0 Å². The molecule has 0 aromatic carbocycles. The standard InChI is InChI=1S/C12H30NO4Si.ClH/c1-6-13(7-2,10-11-14)9-8-12-18(15-3,16-4)17-5;/h14H,6-12H2,1-5H3;1H/q+1;/p-1. The summed E-state index contributed by atoms with van der Waals surface area (Å²) in [5.74, 6) is 0. The molecular weight excluding hydrogens is 286 g/mol. The number of halogens is 1. The highest BCUT2D eigenvalue weighted by Gasteiger charge is 2.38. The van der Waals surface area contributed by atoms with Crippen LogP contribution in [0, 0.1) is 0 Å². The summed E-state index contributed by atoms with van der Waals surface area (Å²) in [5, 5.41) is 9.18. The van der Waals surface area contributed by atoms with E-state index in [9.17, 15) is 5.11 Å². The molecule has 0 saturated heterocycles. The summed E-state index contributed by atoms with van der Waals surface area (Å²) in [6, 6.07) is 0.821. The maximum atomic E-state index is 9.18. The number of hydrogen-bond donors (Lipinski definition) is 1. The zero-order chi connectivity index (χ0) is 14.1. The molecule has 0 fully saturated rings. The maximum absolute atomic E-state index is 9.18. The van der Waals surface area contributed by atoms with Crippen LogP contribution in [0.2, 0.25) is 6.04 Å². The van der Waals surface area contributed by atoms with E-state index in [-0.39, 0.29) is 19.0 Å². The van der Waals surface area contributed by atoms with Crippen LogP contribution in [-0.2, 0) is 13.3 Å². The number of hydrogen-bond acceptors (Lipinski definition) is 4. The van der Waals surface area contributed by atoms with Gasteiger partial charge in [0.1, 0.15) is 6.54 Å². The molecular formula is C12H30ClNO4Si. The summed E-state index contributed by atoms with van der Waals surface area (Å²) in [4.78, 5) is 0. The van der Waals surface area contributed by atoms with Crippen molar-refractivity contribution in [2.24, 2.45) is 0 Å². The highest BCUT2D eigenvalue weighted by atomic mass is 35.5. The van der Waals surface area contributed by atoms with Crippen LogP contribution >= 0.6 is 0 Å². The van der Waals surface area contributed by atoms with E-state index < -0.39 is 8.80 Å². The fraction of sp³-hybridized carbons (Fsp3) is 1.00. The Balaban J connectivity index is 0. The zero-order valence-corrected chi connectivity index (χ0v) is 14.7. The Bertz CT molecular complexity index is 206. The molecule has 0 amide bonds. The summed E-state index contributed by atoms with van der Waals surface area (Å²) in [6.45, 7) is 8.51. The SMILES string of the molecule is CC[N+](CC)(CCO)CCC[Si](OC)(OC)OC.[Cl-]. The van der Waals surface area contributed by atoms with Crippen molar-refractivity contribution in [2.75, 3.05) is 54.1 Å². The summed E-state index contributed by atoms with van der Waals surface area (Å²) < 4.78 is 17.2. The molecule has 0 aromatic heterocycles. The minimum atomic E-state index is -2.44. The van der Waals surface area contributed by atoms with Crippen LogP contribution in [0.15, 0.2) is 0 Å². The molecule has 0 heterocycles. The van der Waals surface area contributed by atoms with E-state index in [4.69, 9.17) is 13.3 Å². The molecule has 0 rings (SSSR count). The minimum absolute atomic E-state index is 0. The molecule has 118 valence electrons. The van der Waals surface area contributed by atoms with Crippen LogP contribution in [0.1, 0.15) is 20.3 Å². The van der Waals surface area contributed by atoms with E-state index in [1.165, 1.54) is 0 Å². The smallest absolute Gasteiger partial charge is 0.500 e. The van der Waals surface area contributed by atoms with Crippen LogP contribution in [0.25, 0.3) is 0 Å². The van der Waals surface area contributed by atoms with Crippen molar-refractivity contribution in [2.45, 2.75) is 26.3 Å². The van der Waals surface area contributed by atoms with Crippen LogP contribution in [0.5, 0.6) is 0 Å². The number of quaternary nitrogens is 1. The second-order valence-electron chi connectivity index (χ2n) is 4.54. The Labute approximate surface area is 125 Å². The Morgan fingerprint density at radius 1 is 0.947 bits per heavy atom. The summed E-state index contributed by atoms with van der Waals surface area (Å²) in [6.07, 6.45) is 0.990. The van der Waals surface area contributed by atoms with E-state index in [1.807, 2.05) is 0 Å².